The van der Waals surface area contributed by atoms with Crippen molar-refractivity contribution in [2.75, 3.05) is 0 Å². The second kappa shape index (κ2) is 2.92. The Morgan fingerprint density at radius 2 is 2.22 bits per heavy atom. The van der Waals surface area contributed by atoms with E-state index in [1.807, 2.05) is 0 Å². The number of hydrogen-bond donors (Lipinski definition) is 1. The van der Waals surface area contributed by atoms with Crippen LogP contribution >= 0.6 is 0 Å². The molecule has 2 N–H and O–H groups in total. The highest BCUT2D eigenvalue weighted by Crippen LogP contribution is 2.15. The SMILES string of the molecule is C=CCC(C)(N)C(F)F. The van der Waals surface area contributed by atoms with E-state index < -0.39 is 12.0 Å². The van der Waals surface area contributed by atoms with E-state index in [0.29, 0.717) is 0 Å². The van der Waals surface area contributed by atoms with Crippen LogP contribution in [0.15, 0.2) is 12.7 Å². The summed E-state index contributed by atoms with van der Waals surface area (Å²) in [6, 6.07) is 0. The molecule has 0 saturated carbocycles. The third-order valence-electron chi connectivity index (χ3n) is 1.08. The molecule has 1 unspecified atom stereocenters. The van der Waals surface area contributed by atoms with Gasteiger partial charge in [0.2, 0.25) is 0 Å². The van der Waals surface area contributed by atoms with E-state index in [4.69, 9.17) is 5.73 Å². The summed E-state index contributed by atoms with van der Waals surface area (Å²) in [4.78, 5) is 0. The maximum absolute atomic E-state index is 11.8. The van der Waals surface area contributed by atoms with Gasteiger partial charge >= 0.3 is 0 Å². The van der Waals surface area contributed by atoms with E-state index in [1.54, 1.807) is 0 Å². The van der Waals surface area contributed by atoms with Gasteiger partial charge in [-0.15, -0.1) is 6.58 Å². The van der Waals surface area contributed by atoms with Crippen LogP contribution in [-0.4, -0.2) is 12.0 Å². The summed E-state index contributed by atoms with van der Waals surface area (Å²) in [6.07, 6.45) is -0.938. The molecule has 0 spiro atoms. The van der Waals surface area contributed by atoms with Crippen LogP contribution in [0.2, 0.25) is 0 Å². The van der Waals surface area contributed by atoms with Gasteiger partial charge in [0, 0.05) is 0 Å². The van der Waals surface area contributed by atoms with E-state index in [9.17, 15) is 8.78 Å². The zero-order valence-corrected chi connectivity index (χ0v) is 5.40. The van der Waals surface area contributed by atoms with Crippen molar-refractivity contribution in [1.82, 2.24) is 0 Å². The average Bonchev–Trinajstić information content (AvgIpc) is 1.65. The van der Waals surface area contributed by atoms with Crippen molar-refractivity contribution in [3.8, 4) is 0 Å². The fourth-order valence-electron chi connectivity index (χ4n) is 0.400. The summed E-state index contributed by atoms with van der Waals surface area (Å²) >= 11 is 0. The lowest BCUT2D eigenvalue weighted by Gasteiger charge is -2.20. The molecular weight excluding hydrogens is 124 g/mol. The molecule has 3 heteroatoms. The molecule has 1 nitrogen and oxygen atoms in total. The Balaban J connectivity index is 3.84. The van der Waals surface area contributed by atoms with Gasteiger partial charge in [0.15, 0.2) is 0 Å². The summed E-state index contributed by atoms with van der Waals surface area (Å²) < 4.78 is 23.7. The number of rotatable bonds is 3. The molecule has 0 heterocycles. The van der Waals surface area contributed by atoms with Crippen molar-refractivity contribution < 1.29 is 8.78 Å². The van der Waals surface area contributed by atoms with Crippen molar-refractivity contribution in [3.63, 3.8) is 0 Å². The Bertz CT molecular complexity index is 99.2. The third-order valence-corrected chi connectivity index (χ3v) is 1.08. The van der Waals surface area contributed by atoms with E-state index in [0.717, 1.165) is 0 Å². The average molecular weight is 135 g/mol. The topological polar surface area (TPSA) is 26.0 Å². The van der Waals surface area contributed by atoms with Gasteiger partial charge in [-0.2, -0.15) is 0 Å². The summed E-state index contributed by atoms with van der Waals surface area (Å²) in [5, 5.41) is 0. The summed E-state index contributed by atoms with van der Waals surface area (Å²) in [7, 11) is 0. The maximum Gasteiger partial charge on any atom is 0.256 e. The molecule has 0 fully saturated rings. The van der Waals surface area contributed by atoms with Gasteiger partial charge < -0.3 is 5.73 Å². The van der Waals surface area contributed by atoms with Gasteiger partial charge in [-0.1, -0.05) is 6.08 Å². The lowest BCUT2D eigenvalue weighted by molar-refractivity contribution is 0.0654. The van der Waals surface area contributed by atoms with E-state index in [2.05, 4.69) is 6.58 Å². The van der Waals surface area contributed by atoms with E-state index in [1.165, 1.54) is 13.0 Å². The Kier molecular flexibility index (Phi) is 2.77. The second-order valence-electron chi connectivity index (χ2n) is 2.30. The highest BCUT2D eigenvalue weighted by Gasteiger charge is 2.28. The smallest absolute Gasteiger partial charge is 0.256 e. The molecule has 54 valence electrons. The van der Waals surface area contributed by atoms with Crippen LogP contribution in [0.4, 0.5) is 8.78 Å². The minimum atomic E-state index is -2.48. The molecule has 0 aromatic heterocycles. The fourth-order valence-corrected chi connectivity index (χ4v) is 0.400. The van der Waals surface area contributed by atoms with Crippen LogP contribution in [0.25, 0.3) is 0 Å². The first-order valence-electron chi connectivity index (χ1n) is 2.68. The van der Waals surface area contributed by atoms with Crippen molar-refractivity contribution in [1.29, 1.82) is 0 Å². The van der Waals surface area contributed by atoms with Crippen LogP contribution in [0.1, 0.15) is 13.3 Å². The van der Waals surface area contributed by atoms with E-state index in [-0.39, 0.29) is 6.42 Å². The number of nitrogens with two attached hydrogens (primary N) is 1. The third kappa shape index (κ3) is 2.56. The fraction of sp³-hybridized carbons (Fsp3) is 0.667. The van der Waals surface area contributed by atoms with Crippen molar-refractivity contribution in [2.24, 2.45) is 5.73 Å². The van der Waals surface area contributed by atoms with Gasteiger partial charge in [0.1, 0.15) is 0 Å². The zero-order valence-electron chi connectivity index (χ0n) is 5.40. The van der Waals surface area contributed by atoms with Gasteiger partial charge in [0.25, 0.3) is 6.43 Å². The van der Waals surface area contributed by atoms with Crippen LogP contribution in [0.5, 0.6) is 0 Å². The summed E-state index contributed by atoms with van der Waals surface area (Å²) in [5.41, 5.74) is 3.75. The number of alkyl halides is 2. The normalized spacial score (nSPS) is 17.4. The van der Waals surface area contributed by atoms with Crippen molar-refractivity contribution in [3.05, 3.63) is 12.7 Å². The second-order valence-corrected chi connectivity index (χ2v) is 2.30. The van der Waals surface area contributed by atoms with Crippen LogP contribution < -0.4 is 5.73 Å². The van der Waals surface area contributed by atoms with Crippen LogP contribution in [-0.2, 0) is 0 Å². The molecule has 0 rings (SSSR count). The molecule has 0 aromatic rings. The molecule has 1 atom stereocenters. The lowest BCUT2D eigenvalue weighted by atomic mass is 10.0. The Morgan fingerprint density at radius 3 is 2.33 bits per heavy atom. The summed E-state index contributed by atoms with van der Waals surface area (Å²) in [5.74, 6) is 0. The van der Waals surface area contributed by atoms with Crippen LogP contribution in [0, 0.1) is 0 Å². The molecule has 0 amide bonds. The minimum Gasteiger partial charge on any atom is -0.320 e. The molecule has 0 aliphatic carbocycles. The molecule has 0 aliphatic heterocycles. The molecule has 0 aromatic carbocycles. The lowest BCUT2D eigenvalue weighted by Crippen LogP contribution is -2.43. The molecule has 0 radical (unpaired) electrons. The quantitative estimate of drug-likeness (QED) is 0.584. The van der Waals surface area contributed by atoms with Gasteiger partial charge in [-0.3, -0.25) is 0 Å². The van der Waals surface area contributed by atoms with Gasteiger partial charge in [-0.05, 0) is 13.3 Å². The van der Waals surface area contributed by atoms with Gasteiger partial charge in [0.05, 0.1) is 5.54 Å². The monoisotopic (exact) mass is 135 g/mol. The standard InChI is InChI=1S/C6H11F2N/c1-3-4-6(2,9)5(7)8/h3,5H,1,4,9H2,2H3. The predicted molar refractivity (Wildman–Crippen MR) is 33.4 cm³/mol. The highest BCUT2D eigenvalue weighted by molar-refractivity contribution is 4.88. The molecule has 9 heavy (non-hydrogen) atoms. The zero-order chi connectivity index (χ0) is 7.49. The van der Waals surface area contributed by atoms with Crippen LogP contribution in [0.3, 0.4) is 0 Å². The van der Waals surface area contributed by atoms with E-state index >= 15 is 0 Å². The Hall–Kier alpha value is -0.440. The van der Waals surface area contributed by atoms with Gasteiger partial charge in [-0.25, -0.2) is 8.78 Å². The molecule has 0 bridgehead atoms. The Morgan fingerprint density at radius 1 is 1.78 bits per heavy atom. The first-order valence-corrected chi connectivity index (χ1v) is 2.68. The highest BCUT2D eigenvalue weighted by atomic mass is 19.3. The molecular formula is C6H11F2N. The minimum absolute atomic E-state index is 0.144. The first-order chi connectivity index (χ1) is 4.00. The van der Waals surface area contributed by atoms with Crippen molar-refractivity contribution >= 4 is 0 Å². The molecule has 0 saturated heterocycles. The summed E-state index contributed by atoms with van der Waals surface area (Å²) in [6.45, 7) is 4.62. The molecule has 0 aliphatic rings. The largest absolute Gasteiger partial charge is 0.320 e. The Labute approximate surface area is 53.5 Å². The first kappa shape index (κ1) is 8.56. The maximum atomic E-state index is 11.8. The van der Waals surface area contributed by atoms with Crippen molar-refractivity contribution in [2.45, 2.75) is 25.3 Å². The predicted octanol–water partition coefficient (Wildman–Crippen LogP) is 1.54. The number of hydrogen-bond acceptors (Lipinski definition) is 1. The number of halogens is 2.